The molecule has 0 bridgehead atoms. The Balaban J connectivity index is 1.26. The topological polar surface area (TPSA) is 41.4 Å². The third-order valence-corrected chi connectivity index (χ3v) is 11.5. The van der Waals surface area contributed by atoms with Crippen LogP contribution >= 0.6 is 0 Å². The van der Waals surface area contributed by atoms with Crippen molar-refractivity contribution in [2.75, 3.05) is 37.6 Å². The minimum Gasteiger partial charge on any atom is -0.371 e. The predicted octanol–water partition coefficient (Wildman–Crippen LogP) is 7.77. The van der Waals surface area contributed by atoms with Gasteiger partial charge in [-0.05, 0) is 100 Å². The number of likely N-dealkylation sites (tertiary alicyclic amines) is 1. The lowest BCUT2D eigenvalue weighted by Gasteiger charge is -2.52. The van der Waals surface area contributed by atoms with Crippen molar-refractivity contribution >= 4 is 11.5 Å². The Hall–Kier alpha value is -2.99. The molecule has 2 saturated heterocycles. The van der Waals surface area contributed by atoms with Crippen LogP contribution < -0.4 is 4.90 Å². The standard InChI is InChI=1S/C39H53FN4O/c1-5-36(45)21-31-9-7-12-37(31)39(33-10-8-11-34(40)22-33,27-44-23-29(4)41-38(44)6-2)32-17-19-42(20-18-32)24-30-25-43(26-30)35-15-13-28(3)14-16-35/h8,10-11,13-16,22-23,30-32,37H,5-7,9,12,17-21,24-27H2,1-4H3/t31-,37+,39+/m1/s1. The summed E-state index contributed by atoms with van der Waals surface area (Å²) in [6.45, 7) is 14.8. The van der Waals surface area contributed by atoms with Gasteiger partial charge < -0.3 is 14.4 Å². The normalized spacial score (nSPS) is 22.8. The van der Waals surface area contributed by atoms with Crippen molar-refractivity contribution in [2.45, 2.75) is 91.0 Å². The number of ketones is 1. The highest BCUT2D eigenvalue weighted by Gasteiger charge is 2.52. The van der Waals surface area contributed by atoms with E-state index in [1.165, 1.54) is 11.3 Å². The Kier molecular flexibility index (Phi) is 9.79. The number of carbonyl (C=O) groups is 1. The molecule has 6 heteroatoms. The van der Waals surface area contributed by atoms with Crippen LogP contribution in [0.1, 0.15) is 81.4 Å². The summed E-state index contributed by atoms with van der Waals surface area (Å²) in [6.07, 6.45) is 9.87. The molecule has 6 rings (SSSR count). The quantitative estimate of drug-likeness (QED) is 0.210. The summed E-state index contributed by atoms with van der Waals surface area (Å²) >= 11 is 0. The highest BCUT2D eigenvalue weighted by atomic mass is 19.1. The van der Waals surface area contributed by atoms with Gasteiger partial charge in [-0.1, -0.05) is 50.1 Å². The SMILES string of the molecule is CCC(=O)C[C@H]1CCC[C@@H]1[C@](Cn1cc(C)nc1CC)(c1cccc(F)c1)C1CCN(CC2CN(c3ccc(C)cc3)C2)CC1. The lowest BCUT2D eigenvalue weighted by molar-refractivity contribution is -0.120. The number of rotatable bonds is 12. The number of aromatic nitrogens is 2. The van der Waals surface area contributed by atoms with Crippen molar-refractivity contribution in [1.82, 2.24) is 14.5 Å². The Morgan fingerprint density at radius 3 is 2.44 bits per heavy atom. The minimum absolute atomic E-state index is 0.158. The molecule has 3 heterocycles. The van der Waals surface area contributed by atoms with Gasteiger partial charge in [-0.15, -0.1) is 0 Å². The van der Waals surface area contributed by atoms with Crippen molar-refractivity contribution < 1.29 is 9.18 Å². The molecular formula is C39H53FN4O. The number of benzene rings is 2. The summed E-state index contributed by atoms with van der Waals surface area (Å²) < 4.78 is 17.5. The highest BCUT2D eigenvalue weighted by Crippen LogP contribution is 2.54. The van der Waals surface area contributed by atoms with E-state index in [4.69, 9.17) is 4.98 Å². The summed E-state index contributed by atoms with van der Waals surface area (Å²) in [5.41, 5.74) is 4.56. The van der Waals surface area contributed by atoms with E-state index in [2.05, 4.69) is 71.7 Å². The molecule has 0 spiro atoms. The van der Waals surface area contributed by atoms with Crippen molar-refractivity contribution in [3.8, 4) is 0 Å². The van der Waals surface area contributed by atoms with Gasteiger partial charge in [0.2, 0.25) is 0 Å². The smallest absolute Gasteiger partial charge is 0.132 e. The van der Waals surface area contributed by atoms with E-state index >= 15 is 4.39 Å². The minimum atomic E-state index is -0.251. The number of nitrogens with zero attached hydrogens (tertiary/aromatic N) is 4. The first kappa shape index (κ1) is 32.0. The molecule has 0 N–H and O–H groups in total. The van der Waals surface area contributed by atoms with E-state index in [1.54, 1.807) is 6.07 Å². The van der Waals surface area contributed by atoms with Gasteiger partial charge in [0, 0.05) is 68.7 Å². The van der Waals surface area contributed by atoms with Crippen LogP contribution in [0.25, 0.3) is 0 Å². The van der Waals surface area contributed by atoms with Crippen LogP contribution in [0, 0.1) is 43.3 Å². The van der Waals surface area contributed by atoms with E-state index in [0.29, 0.717) is 42.3 Å². The number of hydrogen-bond acceptors (Lipinski definition) is 4. The lowest BCUT2D eigenvalue weighted by Crippen LogP contribution is -2.55. The molecule has 0 unspecified atom stereocenters. The van der Waals surface area contributed by atoms with Crippen LogP contribution in [-0.2, 0) is 23.2 Å². The maximum absolute atomic E-state index is 15.1. The number of imidazole rings is 1. The number of anilines is 1. The number of aryl methyl sites for hydroxylation is 3. The van der Waals surface area contributed by atoms with Crippen molar-refractivity contribution in [1.29, 1.82) is 0 Å². The molecule has 0 radical (unpaired) electrons. The van der Waals surface area contributed by atoms with Gasteiger partial charge >= 0.3 is 0 Å². The van der Waals surface area contributed by atoms with Crippen LogP contribution in [0.4, 0.5) is 10.1 Å². The number of carbonyl (C=O) groups excluding carboxylic acids is 1. The first-order valence-corrected chi connectivity index (χ1v) is 17.6. The second kappa shape index (κ2) is 13.8. The largest absolute Gasteiger partial charge is 0.371 e. The first-order valence-electron chi connectivity index (χ1n) is 17.6. The Bertz CT molecular complexity index is 1440. The fourth-order valence-corrected chi connectivity index (χ4v) is 9.21. The van der Waals surface area contributed by atoms with Gasteiger partial charge in [0.1, 0.15) is 17.4 Å². The lowest BCUT2D eigenvalue weighted by atomic mass is 9.56. The van der Waals surface area contributed by atoms with Crippen LogP contribution in [0.2, 0.25) is 0 Å². The average molecular weight is 613 g/mol. The molecule has 3 fully saturated rings. The number of piperidine rings is 1. The molecule has 3 atom stereocenters. The second-order valence-corrected chi connectivity index (χ2v) is 14.4. The second-order valence-electron chi connectivity index (χ2n) is 14.4. The predicted molar refractivity (Wildman–Crippen MR) is 181 cm³/mol. The van der Waals surface area contributed by atoms with Crippen LogP contribution in [0.5, 0.6) is 0 Å². The van der Waals surface area contributed by atoms with Gasteiger partial charge in [-0.2, -0.15) is 0 Å². The summed E-state index contributed by atoms with van der Waals surface area (Å²) in [7, 11) is 0. The zero-order valence-corrected chi connectivity index (χ0v) is 28.0. The van der Waals surface area contributed by atoms with Crippen LogP contribution in [-0.4, -0.2) is 53.0 Å². The van der Waals surface area contributed by atoms with E-state index in [0.717, 1.165) is 94.9 Å². The maximum atomic E-state index is 15.1. The zero-order valence-electron chi connectivity index (χ0n) is 28.0. The molecule has 3 aromatic rings. The van der Waals surface area contributed by atoms with E-state index in [9.17, 15) is 4.79 Å². The molecule has 0 amide bonds. The zero-order chi connectivity index (χ0) is 31.6. The molecule has 1 saturated carbocycles. The van der Waals surface area contributed by atoms with Gasteiger partial charge in [0.25, 0.3) is 0 Å². The van der Waals surface area contributed by atoms with Gasteiger partial charge in [-0.25, -0.2) is 9.37 Å². The van der Waals surface area contributed by atoms with Gasteiger partial charge in [-0.3, -0.25) is 4.79 Å². The summed E-state index contributed by atoms with van der Waals surface area (Å²) in [6, 6.07) is 16.4. The Morgan fingerprint density at radius 2 is 1.76 bits per heavy atom. The summed E-state index contributed by atoms with van der Waals surface area (Å²) in [5, 5.41) is 0. The Morgan fingerprint density at radius 1 is 1.00 bits per heavy atom. The molecule has 1 aliphatic carbocycles. The van der Waals surface area contributed by atoms with E-state index in [1.807, 2.05) is 19.1 Å². The van der Waals surface area contributed by atoms with Crippen molar-refractivity contribution in [2.24, 2.45) is 23.7 Å². The first-order chi connectivity index (χ1) is 21.8. The molecule has 45 heavy (non-hydrogen) atoms. The summed E-state index contributed by atoms with van der Waals surface area (Å²) in [4.78, 5) is 23.0. The van der Waals surface area contributed by atoms with Gasteiger partial charge in [0.15, 0.2) is 0 Å². The van der Waals surface area contributed by atoms with Crippen molar-refractivity contribution in [3.63, 3.8) is 0 Å². The molecule has 2 aromatic carbocycles. The van der Waals surface area contributed by atoms with Crippen LogP contribution in [0.3, 0.4) is 0 Å². The highest BCUT2D eigenvalue weighted by molar-refractivity contribution is 5.78. The van der Waals surface area contributed by atoms with Crippen molar-refractivity contribution in [3.05, 3.63) is 83.2 Å². The fourth-order valence-electron chi connectivity index (χ4n) is 9.21. The molecule has 3 aliphatic rings. The monoisotopic (exact) mass is 612 g/mol. The van der Waals surface area contributed by atoms with E-state index < -0.39 is 0 Å². The molecular weight excluding hydrogens is 559 g/mol. The average Bonchev–Trinajstić information content (AvgIpc) is 3.63. The number of hydrogen-bond donors (Lipinski definition) is 0. The van der Waals surface area contributed by atoms with E-state index in [-0.39, 0.29) is 11.2 Å². The molecule has 2 aliphatic heterocycles. The maximum Gasteiger partial charge on any atom is 0.132 e. The fraction of sp³-hybridized carbons (Fsp3) is 0.590. The third-order valence-electron chi connectivity index (χ3n) is 11.5. The Labute approximate surface area is 270 Å². The third kappa shape index (κ3) is 6.77. The molecule has 242 valence electrons. The van der Waals surface area contributed by atoms with Gasteiger partial charge in [0.05, 0.1) is 5.69 Å². The molecule has 1 aromatic heterocycles. The van der Waals surface area contributed by atoms with Crippen LogP contribution in [0.15, 0.2) is 54.7 Å². The number of halogens is 1. The number of Topliss-reactive ketones (excluding diaryl/α,β-unsaturated/α-hetero) is 1. The molecule has 5 nitrogen and oxygen atoms in total. The summed E-state index contributed by atoms with van der Waals surface area (Å²) in [5.74, 6) is 3.11.